The number of rotatable bonds is 9. The summed E-state index contributed by atoms with van der Waals surface area (Å²) in [7, 11) is 0. The molecule has 0 saturated carbocycles. The SMILES string of the molecule is CCCN(CCC)CCC(=O)NCc1ccc(Cl)cc1. The monoisotopic (exact) mass is 296 g/mol. The van der Waals surface area contributed by atoms with Gasteiger partial charge in [0.2, 0.25) is 5.91 Å². The summed E-state index contributed by atoms with van der Waals surface area (Å²) in [6, 6.07) is 7.55. The topological polar surface area (TPSA) is 32.3 Å². The number of hydrogen-bond donors (Lipinski definition) is 1. The molecule has 1 aromatic rings. The van der Waals surface area contributed by atoms with Crippen molar-refractivity contribution in [3.63, 3.8) is 0 Å². The van der Waals surface area contributed by atoms with Gasteiger partial charge in [-0.05, 0) is 43.6 Å². The van der Waals surface area contributed by atoms with Gasteiger partial charge in [-0.25, -0.2) is 0 Å². The molecule has 0 heterocycles. The number of hydrogen-bond acceptors (Lipinski definition) is 2. The fourth-order valence-electron chi connectivity index (χ4n) is 2.12. The number of nitrogens with zero attached hydrogens (tertiary/aromatic N) is 1. The van der Waals surface area contributed by atoms with Crippen LogP contribution in [0.25, 0.3) is 0 Å². The smallest absolute Gasteiger partial charge is 0.221 e. The Hall–Kier alpha value is -1.06. The van der Waals surface area contributed by atoms with Gasteiger partial charge < -0.3 is 10.2 Å². The van der Waals surface area contributed by atoms with E-state index in [9.17, 15) is 4.79 Å². The van der Waals surface area contributed by atoms with E-state index in [4.69, 9.17) is 11.6 Å². The van der Waals surface area contributed by atoms with E-state index in [2.05, 4.69) is 24.1 Å². The Balaban J connectivity index is 2.27. The van der Waals surface area contributed by atoms with Crippen LogP contribution in [0.2, 0.25) is 5.02 Å². The fourth-order valence-corrected chi connectivity index (χ4v) is 2.24. The summed E-state index contributed by atoms with van der Waals surface area (Å²) < 4.78 is 0. The summed E-state index contributed by atoms with van der Waals surface area (Å²) in [5.41, 5.74) is 1.07. The first kappa shape index (κ1) is 17.0. The van der Waals surface area contributed by atoms with Crippen molar-refractivity contribution in [3.05, 3.63) is 34.9 Å². The molecule has 0 fully saturated rings. The average Bonchev–Trinajstić information content (AvgIpc) is 2.44. The summed E-state index contributed by atoms with van der Waals surface area (Å²) in [6.45, 7) is 7.88. The first-order chi connectivity index (χ1) is 9.65. The van der Waals surface area contributed by atoms with Crippen molar-refractivity contribution in [1.82, 2.24) is 10.2 Å². The lowest BCUT2D eigenvalue weighted by Gasteiger charge is -2.20. The molecule has 0 aromatic heterocycles. The van der Waals surface area contributed by atoms with Gasteiger partial charge in [-0.15, -0.1) is 0 Å². The number of nitrogens with one attached hydrogen (secondary N) is 1. The van der Waals surface area contributed by atoms with Crippen molar-refractivity contribution >= 4 is 17.5 Å². The van der Waals surface area contributed by atoms with Crippen LogP contribution >= 0.6 is 11.6 Å². The Morgan fingerprint density at radius 2 is 1.70 bits per heavy atom. The van der Waals surface area contributed by atoms with Crippen LogP contribution in [0.1, 0.15) is 38.7 Å². The fraction of sp³-hybridized carbons (Fsp3) is 0.562. The molecule has 0 aliphatic rings. The van der Waals surface area contributed by atoms with Gasteiger partial charge in [-0.2, -0.15) is 0 Å². The van der Waals surface area contributed by atoms with E-state index in [1.54, 1.807) is 0 Å². The van der Waals surface area contributed by atoms with Crippen LogP contribution in [0.15, 0.2) is 24.3 Å². The second kappa shape index (κ2) is 9.78. The molecule has 0 spiro atoms. The Bertz CT molecular complexity index is 386. The van der Waals surface area contributed by atoms with Crippen LogP contribution in [-0.4, -0.2) is 30.4 Å². The van der Waals surface area contributed by atoms with E-state index in [-0.39, 0.29) is 5.91 Å². The number of carbonyl (C=O) groups is 1. The molecule has 112 valence electrons. The third-order valence-electron chi connectivity index (χ3n) is 3.14. The first-order valence-electron chi connectivity index (χ1n) is 7.39. The molecule has 0 saturated heterocycles. The number of carbonyl (C=O) groups excluding carboxylic acids is 1. The van der Waals surface area contributed by atoms with Gasteiger partial charge in [0.1, 0.15) is 0 Å². The van der Waals surface area contributed by atoms with E-state index < -0.39 is 0 Å². The highest BCUT2D eigenvalue weighted by Crippen LogP contribution is 2.09. The molecule has 0 aliphatic carbocycles. The first-order valence-corrected chi connectivity index (χ1v) is 7.77. The molecule has 0 aliphatic heterocycles. The second-order valence-electron chi connectivity index (χ2n) is 4.99. The Morgan fingerprint density at radius 1 is 1.10 bits per heavy atom. The number of halogens is 1. The molecule has 3 nitrogen and oxygen atoms in total. The van der Waals surface area contributed by atoms with Crippen molar-refractivity contribution in [2.45, 2.75) is 39.7 Å². The van der Waals surface area contributed by atoms with Crippen LogP contribution in [0.4, 0.5) is 0 Å². The van der Waals surface area contributed by atoms with E-state index in [1.165, 1.54) is 0 Å². The van der Waals surface area contributed by atoms with Gasteiger partial charge >= 0.3 is 0 Å². The molecule has 0 atom stereocenters. The van der Waals surface area contributed by atoms with E-state index >= 15 is 0 Å². The lowest BCUT2D eigenvalue weighted by Crippen LogP contribution is -2.31. The van der Waals surface area contributed by atoms with Crippen molar-refractivity contribution in [2.75, 3.05) is 19.6 Å². The third kappa shape index (κ3) is 6.92. The summed E-state index contributed by atoms with van der Waals surface area (Å²) in [6.07, 6.45) is 2.83. The normalized spacial score (nSPS) is 10.8. The maximum Gasteiger partial charge on any atom is 0.221 e. The molecule has 1 N–H and O–H groups in total. The summed E-state index contributed by atoms with van der Waals surface area (Å²) in [4.78, 5) is 14.2. The molecule has 1 rings (SSSR count). The number of amides is 1. The molecular weight excluding hydrogens is 272 g/mol. The molecule has 20 heavy (non-hydrogen) atoms. The highest BCUT2D eigenvalue weighted by molar-refractivity contribution is 6.30. The van der Waals surface area contributed by atoms with Gasteiger partial charge in [0, 0.05) is 24.5 Å². The zero-order chi connectivity index (χ0) is 14.8. The summed E-state index contributed by atoms with van der Waals surface area (Å²) >= 11 is 5.83. The van der Waals surface area contributed by atoms with E-state index in [0.717, 1.165) is 43.1 Å². The van der Waals surface area contributed by atoms with Crippen molar-refractivity contribution < 1.29 is 4.79 Å². The Labute approximate surface area is 127 Å². The standard InChI is InChI=1S/C16H25ClN2O/c1-3-10-19(11-4-2)12-9-16(20)18-13-14-5-7-15(17)8-6-14/h5-8H,3-4,9-13H2,1-2H3,(H,18,20). The summed E-state index contributed by atoms with van der Waals surface area (Å²) in [5.74, 6) is 0.108. The Kier molecular flexibility index (Phi) is 8.31. The quantitative estimate of drug-likeness (QED) is 0.757. The van der Waals surface area contributed by atoms with Crippen molar-refractivity contribution in [1.29, 1.82) is 0 Å². The molecule has 1 aromatic carbocycles. The Morgan fingerprint density at radius 3 is 2.25 bits per heavy atom. The molecule has 4 heteroatoms. The van der Waals surface area contributed by atoms with Gasteiger partial charge in [-0.3, -0.25) is 4.79 Å². The predicted molar refractivity (Wildman–Crippen MR) is 84.9 cm³/mol. The van der Waals surface area contributed by atoms with Crippen LogP contribution in [0.5, 0.6) is 0 Å². The maximum absolute atomic E-state index is 11.8. The second-order valence-corrected chi connectivity index (χ2v) is 5.43. The van der Waals surface area contributed by atoms with Gasteiger partial charge in [-0.1, -0.05) is 37.6 Å². The predicted octanol–water partition coefficient (Wildman–Crippen LogP) is 3.47. The van der Waals surface area contributed by atoms with Gasteiger partial charge in [0.25, 0.3) is 0 Å². The van der Waals surface area contributed by atoms with Crippen molar-refractivity contribution in [2.24, 2.45) is 0 Å². The van der Waals surface area contributed by atoms with Crippen LogP contribution in [0.3, 0.4) is 0 Å². The number of benzene rings is 1. The van der Waals surface area contributed by atoms with Gasteiger partial charge in [0.05, 0.1) is 0 Å². The minimum atomic E-state index is 0.108. The lowest BCUT2D eigenvalue weighted by molar-refractivity contribution is -0.121. The highest BCUT2D eigenvalue weighted by Gasteiger charge is 2.06. The van der Waals surface area contributed by atoms with Crippen LogP contribution < -0.4 is 5.32 Å². The van der Waals surface area contributed by atoms with Crippen LogP contribution in [0, 0.1) is 0 Å². The maximum atomic E-state index is 11.8. The average molecular weight is 297 g/mol. The summed E-state index contributed by atoms with van der Waals surface area (Å²) in [5, 5.41) is 3.67. The molecule has 0 radical (unpaired) electrons. The molecule has 0 unspecified atom stereocenters. The minimum absolute atomic E-state index is 0.108. The third-order valence-corrected chi connectivity index (χ3v) is 3.39. The highest BCUT2D eigenvalue weighted by atomic mass is 35.5. The molecule has 0 bridgehead atoms. The van der Waals surface area contributed by atoms with E-state index in [1.807, 2.05) is 24.3 Å². The van der Waals surface area contributed by atoms with E-state index in [0.29, 0.717) is 13.0 Å². The van der Waals surface area contributed by atoms with Crippen molar-refractivity contribution in [3.8, 4) is 0 Å². The lowest BCUT2D eigenvalue weighted by atomic mass is 10.2. The van der Waals surface area contributed by atoms with Gasteiger partial charge in [0.15, 0.2) is 0 Å². The molecular formula is C16H25ClN2O. The largest absolute Gasteiger partial charge is 0.352 e. The van der Waals surface area contributed by atoms with Crippen LogP contribution in [-0.2, 0) is 11.3 Å². The molecule has 1 amide bonds. The zero-order valence-corrected chi connectivity index (χ0v) is 13.2. The zero-order valence-electron chi connectivity index (χ0n) is 12.5. The minimum Gasteiger partial charge on any atom is -0.352 e.